The van der Waals surface area contributed by atoms with Crippen LogP contribution in [-0.2, 0) is 11.2 Å². The van der Waals surface area contributed by atoms with E-state index in [0.29, 0.717) is 24.2 Å². The van der Waals surface area contributed by atoms with Gasteiger partial charge in [-0.2, -0.15) is 9.97 Å². The Bertz CT molecular complexity index is 1260. The lowest BCUT2D eigenvalue weighted by Gasteiger charge is -2.16. The molecule has 0 spiro atoms. The number of benzene rings is 2. The van der Waals surface area contributed by atoms with Crippen molar-refractivity contribution in [1.82, 2.24) is 19.5 Å². The van der Waals surface area contributed by atoms with E-state index in [9.17, 15) is 15.3 Å². The van der Waals surface area contributed by atoms with E-state index in [2.05, 4.69) is 45.3 Å². The van der Waals surface area contributed by atoms with Crippen LogP contribution in [0.4, 0.5) is 5.82 Å². The van der Waals surface area contributed by atoms with Crippen LogP contribution < -0.4 is 10.5 Å². The summed E-state index contributed by atoms with van der Waals surface area (Å²) in [6, 6.07) is 14.5. The van der Waals surface area contributed by atoms with Gasteiger partial charge in [-0.3, -0.25) is 4.57 Å². The highest BCUT2D eigenvalue weighted by Gasteiger charge is 2.44. The Kier molecular flexibility index (Phi) is 5.35. The number of imidazole rings is 1. The molecule has 32 heavy (non-hydrogen) atoms. The van der Waals surface area contributed by atoms with Crippen molar-refractivity contribution in [1.29, 1.82) is 0 Å². The Hall–Kier alpha value is -3.31. The average molecular weight is 437 g/mol. The van der Waals surface area contributed by atoms with Crippen molar-refractivity contribution in [3.05, 3.63) is 54.4 Å². The first-order valence-corrected chi connectivity index (χ1v) is 10.3. The van der Waals surface area contributed by atoms with Crippen molar-refractivity contribution >= 4 is 27.8 Å². The van der Waals surface area contributed by atoms with Gasteiger partial charge in [-0.05, 0) is 16.3 Å². The minimum atomic E-state index is -1.27. The number of hydrogen-bond donors (Lipinski definition) is 4. The standard InChI is InChI=1S/C22H23N5O5/c23-19-16-20(27(11-24-16)21-18(30)17(29)15(10-28)32-21)26-22(25-19)31-8-7-12-5-6-13-3-1-2-4-14(13)9-12/h1-6,9,11,15,17-18,21,28-30H,7-8,10H2,(H2,23,25,26)/t15?,17-,18-,21?/m1/s1. The molecule has 0 bridgehead atoms. The molecule has 0 saturated carbocycles. The lowest BCUT2D eigenvalue weighted by molar-refractivity contribution is -0.0511. The van der Waals surface area contributed by atoms with E-state index in [4.69, 9.17) is 15.2 Å². The number of hydrogen-bond acceptors (Lipinski definition) is 9. The van der Waals surface area contributed by atoms with E-state index in [1.165, 1.54) is 16.3 Å². The molecule has 10 heteroatoms. The topological polar surface area (TPSA) is 149 Å². The summed E-state index contributed by atoms with van der Waals surface area (Å²) >= 11 is 0. The summed E-state index contributed by atoms with van der Waals surface area (Å²) < 4.78 is 12.8. The third kappa shape index (κ3) is 3.63. The number of rotatable bonds is 6. The predicted molar refractivity (Wildman–Crippen MR) is 116 cm³/mol. The Morgan fingerprint density at radius 2 is 1.88 bits per heavy atom. The van der Waals surface area contributed by atoms with E-state index in [0.717, 1.165) is 10.9 Å². The molecule has 4 aromatic rings. The summed E-state index contributed by atoms with van der Waals surface area (Å²) in [4.78, 5) is 12.7. The normalized spacial score (nSPS) is 23.2. The summed E-state index contributed by atoms with van der Waals surface area (Å²) in [6.07, 6.45) is -2.34. The first-order valence-electron chi connectivity index (χ1n) is 10.3. The van der Waals surface area contributed by atoms with E-state index >= 15 is 0 Å². The molecule has 0 amide bonds. The van der Waals surface area contributed by atoms with Gasteiger partial charge in [-0.1, -0.05) is 42.5 Å². The number of ether oxygens (including phenoxy) is 2. The van der Waals surface area contributed by atoms with Crippen LogP contribution in [0.2, 0.25) is 0 Å². The maximum absolute atomic E-state index is 10.3. The van der Waals surface area contributed by atoms with E-state index in [-0.39, 0.29) is 11.8 Å². The van der Waals surface area contributed by atoms with Gasteiger partial charge in [0.05, 0.1) is 19.5 Å². The monoisotopic (exact) mass is 437 g/mol. The summed E-state index contributed by atoms with van der Waals surface area (Å²) in [7, 11) is 0. The fraction of sp³-hybridized carbons (Fsp3) is 0.318. The number of aliphatic hydroxyl groups excluding tert-OH is 3. The van der Waals surface area contributed by atoms with Gasteiger partial charge in [0.25, 0.3) is 0 Å². The lowest BCUT2D eigenvalue weighted by atomic mass is 10.1. The van der Waals surface area contributed by atoms with Gasteiger partial charge in [-0.25, -0.2) is 4.98 Å². The third-order valence-electron chi connectivity index (χ3n) is 5.65. The van der Waals surface area contributed by atoms with Crippen molar-refractivity contribution in [3.63, 3.8) is 0 Å². The van der Waals surface area contributed by atoms with E-state index in [1.54, 1.807) is 0 Å². The predicted octanol–water partition coefficient (Wildman–Crippen LogP) is 0.795. The fourth-order valence-corrected chi connectivity index (χ4v) is 3.93. The first-order chi connectivity index (χ1) is 15.5. The van der Waals surface area contributed by atoms with Crippen molar-refractivity contribution in [2.24, 2.45) is 0 Å². The minimum Gasteiger partial charge on any atom is -0.463 e. The number of aromatic nitrogens is 4. The van der Waals surface area contributed by atoms with Crippen LogP contribution in [-0.4, -0.2) is 66.4 Å². The molecule has 2 aromatic heterocycles. The van der Waals surface area contributed by atoms with Gasteiger partial charge in [0.2, 0.25) is 0 Å². The van der Waals surface area contributed by atoms with Gasteiger partial charge in [0, 0.05) is 6.42 Å². The highest BCUT2D eigenvalue weighted by Crippen LogP contribution is 2.32. The number of fused-ring (bicyclic) bond motifs is 2. The third-order valence-corrected chi connectivity index (χ3v) is 5.65. The second kappa shape index (κ2) is 8.32. The molecule has 166 valence electrons. The molecule has 0 aliphatic carbocycles. The highest BCUT2D eigenvalue weighted by atomic mass is 16.6. The second-order valence-electron chi connectivity index (χ2n) is 7.72. The van der Waals surface area contributed by atoms with Gasteiger partial charge in [0.15, 0.2) is 23.2 Å². The molecule has 4 atom stereocenters. The zero-order valence-corrected chi connectivity index (χ0v) is 17.1. The summed E-state index contributed by atoms with van der Waals surface area (Å²) in [5, 5.41) is 32.1. The van der Waals surface area contributed by atoms with Gasteiger partial charge >= 0.3 is 6.01 Å². The SMILES string of the molecule is Nc1nc(OCCc2ccc3ccccc3c2)nc2c1ncn2C1OC(CO)[C@@H](O)[C@H]1O. The molecule has 1 aliphatic rings. The van der Waals surface area contributed by atoms with Gasteiger partial charge in [-0.15, -0.1) is 0 Å². The number of anilines is 1. The summed E-state index contributed by atoms with van der Waals surface area (Å²) in [5.41, 5.74) is 7.77. The Labute approximate surface area is 182 Å². The van der Waals surface area contributed by atoms with Crippen LogP contribution in [0.15, 0.2) is 48.8 Å². The van der Waals surface area contributed by atoms with Crippen molar-refractivity contribution < 1.29 is 24.8 Å². The molecule has 0 radical (unpaired) electrons. The Balaban J connectivity index is 1.35. The molecule has 1 aliphatic heterocycles. The maximum Gasteiger partial charge on any atom is 0.320 e. The average Bonchev–Trinajstić information content (AvgIpc) is 3.35. The quantitative estimate of drug-likeness (QED) is 0.343. The van der Waals surface area contributed by atoms with Crippen molar-refractivity contribution in [2.45, 2.75) is 31.0 Å². The fourth-order valence-electron chi connectivity index (χ4n) is 3.93. The van der Waals surface area contributed by atoms with Crippen LogP contribution >= 0.6 is 0 Å². The molecule has 2 aromatic carbocycles. The number of nitrogen functional groups attached to an aromatic ring is 1. The molecule has 2 unspecified atom stereocenters. The van der Waals surface area contributed by atoms with Crippen LogP contribution in [0.25, 0.3) is 21.9 Å². The van der Waals surface area contributed by atoms with E-state index in [1.807, 2.05) is 12.1 Å². The van der Waals surface area contributed by atoms with Crippen LogP contribution in [0, 0.1) is 0 Å². The van der Waals surface area contributed by atoms with E-state index < -0.39 is 31.1 Å². The van der Waals surface area contributed by atoms with Gasteiger partial charge in [0.1, 0.15) is 18.3 Å². The second-order valence-corrected chi connectivity index (χ2v) is 7.72. The smallest absolute Gasteiger partial charge is 0.320 e. The molecule has 5 rings (SSSR count). The minimum absolute atomic E-state index is 0.0734. The maximum atomic E-state index is 10.3. The van der Waals surface area contributed by atoms with Crippen molar-refractivity contribution in [3.8, 4) is 6.01 Å². The molecule has 10 nitrogen and oxygen atoms in total. The number of aliphatic hydroxyl groups is 3. The number of nitrogens with zero attached hydrogens (tertiary/aromatic N) is 4. The zero-order valence-electron chi connectivity index (χ0n) is 17.1. The number of nitrogens with two attached hydrogens (primary N) is 1. The van der Waals surface area contributed by atoms with Gasteiger partial charge < -0.3 is 30.5 Å². The molecular weight excluding hydrogens is 414 g/mol. The molecular formula is C22H23N5O5. The van der Waals surface area contributed by atoms with Crippen molar-refractivity contribution in [2.75, 3.05) is 18.9 Å². The lowest BCUT2D eigenvalue weighted by Crippen LogP contribution is -2.33. The van der Waals surface area contributed by atoms with Crippen LogP contribution in [0.3, 0.4) is 0 Å². The molecule has 1 saturated heterocycles. The largest absolute Gasteiger partial charge is 0.463 e. The van der Waals surface area contributed by atoms with Crippen LogP contribution in [0.5, 0.6) is 6.01 Å². The Morgan fingerprint density at radius 3 is 2.66 bits per heavy atom. The Morgan fingerprint density at radius 1 is 1.06 bits per heavy atom. The van der Waals surface area contributed by atoms with Crippen LogP contribution in [0.1, 0.15) is 11.8 Å². The first kappa shape index (κ1) is 20.6. The zero-order chi connectivity index (χ0) is 22.2. The molecule has 3 heterocycles. The summed E-state index contributed by atoms with van der Waals surface area (Å²) in [6.45, 7) is -0.0904. The summed E-state index contributed by atoms with van der Waals surface area (Å²) in [5.74, 6) is 0.126. The molecule has 1 fully saturated rings. The highest BCUT2D eigenvalue weighted by molar-refractivity contribution is 5.83. The molecule has 5 N–H and O–H groups in total.